The summed E-state index contributed by atoms with van der Waals surface area (Å²) in [6.07, 6.45) is 24.4. The molecule has 0 radical (unpaired) electrons. The average molecular weight is 881 g/mol. The van der Waals surface area contributed by atoms with Gasteiger partial charge in [-0.2, -0.15) is 0 Å². The molecule has 0 heterocycles. The monoisotopic (exact) mass is 881 g/mol. The number of carbonyl (C=O) groups excluding carboxylic acids is 2. The minimum atomic E-state index is -5.11. The van der Waals surface area contributed by atoms with E-state index in [-0.39, 0.29) is 12.8 Å². The van der Waals surface area contributed by atoms with Crippen LogP contribution in [0.2, 0.25) is 0 Å². The average Bonchev–Trinajstić information content (AvgIpc) is 3.23. The Kier molecular flexibility index (Phi) is 35.3. The smallest absolute Gasteiger partial charge is 0.462 e. The molecule has 13 nitrogen and oxygen atoms in total. The summed E-state index contributed by atoms with van der Waals surface area (Å²) in [6, 6.07) is 0. The molecular formula is C46H89O13P. The minimum absolute atomic E-state index is 0.105. The molecule has 0 saturated heterocycles. The van der Waals surface area contributed by atoms with E-state index in [2.05, 4.69) is 13.8 Å². The lowest BCUT2D eigenvalue weighted by atomic mass is 9.85. The van der Waals surface area contributed by atoms with Crippen molar-refractivity contribution in [2.45, 2.75) is 268 Å². The van der Waals surface area contributed by atoms with Crippen LogP contribution in [0, 0.1) is 0 Å². The molecule has 1 saturated carbocycles. The van der Waals surface area contributed by atoms with Gasteiger partial charge in [0.25, 0.3) is 0 Å². The molecule has 8 atom stereocenters. The largest absolute Gasteiger partial charge is 0.472 e. The summed E-state index contributed by atoms with van der Waals surface area (Å²) in [5.41, 5.74) is 0. The van der Waals surface area contributed by atoms with Crippen LogP contribution >= 0.6 is 7.82 Å². The lowest BCUT2D eigenvalue weighted by Crippen LogP contribution is -2.64. The van der Waals surface area contributed by atoms with Crippen LogP contribution in [0.1, 0.15) is 226 Å². The fraction of sp³-hybridized carbons (Fsp3) is 0.957. The van der Waals surface area contributed by atoms with Gasteiger partial charge in [-0.05, 0) is 12.8 Å². The Morgan fingerprint density at radius 3 is 1.10 bits per heavy atom. The van der Waals surface area contributed by atoms with Crippen LogP contribution in [-0.2, 0) is 32.7 Å². The quantitative estimate of drug-likeness (QED) is 0.0192. The van der Waals surface area contributed by atoms with E-state index in [1.807, 2.05) is 0 Å². The van der Waals surface area contributed by atoms with Gasteiger partial charge >= 0.3 is 19.8 Å². The fourth-order valence-corrected chi connectivity index (χ4v) is 8.73. The van der Waals surface area contributed by atoms with Gasteiger partial charge in [-0.15, -0.1) is 0 Å². The van der Waals surface area contributed by atoms with Crippen molar-refractivity contribution in [3.05, 3.63) is 0 Å². The Balaban J connectivity index is 2.41. The Bertz CT molecular complexity index is 1060. The summed E-state index contributed by atoms with van der Waals surface area (Å²) in [5, 5.41) is 50.2. The molecule has 60 heavy (non-hydrogen) atoms. The molecule has 0 bridgehead atoms. The standard InChI is InChI=1S/C46H89O13P/c1-3-5-7-9-11-13-15-17-18-19-20-21-23-25-27-29-31-33-35-40(48)58-38(37-57-60(54,55)59-46-44(52)42(50)41(49)43(51)45(46)53)36-56-39(47)34-32-30-28-26-24-22-16-14-12-10-8-6-4-2/h38,41-46,49-53H,3-37H2,1-2H3,(H,54,55)/t38-,41?,42-,43?,44?,45?,46?/m1/s1. The molecule has 0 aromatic heterocycles. The summed E-state index contributed by atoms with van der Waals surface area (Å²) in [5.74, 6) is -1.08. The summed E-state index contributed by atoms with van der Waals surface area (Å²) < 4.78 is 33.6. The van der Waals surface area contributed by atoms with Crippen LogP contribution in [0.25, 0.3) is 0 Å². The van der Waals surface area contributed by atoms with Gasteiger partial charge in [0.15, 0.2) is 6.10 Å². The van der Waals surface area contributed by atoms with Crippen LogP contribution < -0.4 is 0 Å². The third-order valence-electron chi connectivity index (χ3n) is 11.7. The molecule has 1 aliphatic carbocycles. The van der Waals surface area contributed by atoms with Gasteiger partial charge in [-0.25, -0.2) is 4.57 Å². The summed E-state index contributed by atoms with van der Waals surface area (Å²) in [7, 11) is -5.11. The van der Waals surface area contributed by atoms with E-state index >= 15 is 0 Å². The second-order valence-electron chi connectivity index (χ2n) is 17.3. The first-order valence-corrected chi connectivity index (χ1v) is 25.8. The molecule has 356 valence electrons. The predicted octanol–water partition coefficient (Wildman–Crippen LogP) is 9.67. The molecule has 0 amide bonds. The number of phosphoric ester groups is 1. The highest BCUT2D eigenvalue weighted by Gasteiger charge is 2.51. The summed E-state index contributed by atoms with van der Waals surface area (Å²) in [4.78, 5) is 35.7. The normalized spacial score (nSPS) is 22.1. The van der Waals surface area contributed by atoms with Crippen molar-refractivity contribution in [2.75, 3.05) is 13.2 Å². The minimum Gasteiger partial charge on any atom is -0.462 e. The van der Waals surface area contributed by atoms with Gasteiger partial charge in [0.1, 0.15) is 43.2 Å². The van der Waals surface area contributed by atoms with Crippen molar-refractivity contribution in [3.8, 4) is 0 Å². The predicted molar refractivity (Wildman–Crippen MR) is 235 cm³/mol. The van der Waals surface area contributed by atoms with Gasteiger partial charge in [-0.1, -0.05) is 200 Å². The number of unbranched alkanes of at least 4 members (excludes halogenated alkanes) is 29. The van der Waals surface area contributed by atoms with Crippen LogP contribution in [0.3, 0.4) is 0 Å². The number of hydrogen-bond acceptors (Lipinski definition) is 12. The summed E-state index contributed by atoms with van der Waals surface area (Å²) >= 11 is 0. The molecule has 6 unspecified atom stereocenters. The van der Waals surface area contributed by atoms with Crippen molar-refractivity contribution in [1.82, 2.24) is 0 Å². The Morgan fingerprint density at radius 1 is 0.450 bits per heavy atom. The molecule has 0 aromatic carbocycles. The Morgan fingerprint density at radius 2 is 0.750 bits per heavy atom. The molecule has 1 rings (SSSR count). The van der Waals surface area contributed by atoms with Crippen molar-refractivity contribution < 1.29 is 63.1 Å². The zero-order valence-corrected chi connectivity index (χ0v) is 38.7. The molecule has 0 aliphatic heterocycles. The topological polar surface area (TPSA) is 210 Å². The number of hydrogen-bond donors (Lipinski definition) is 6. The van der Waals surface area contributed by atoms with Crippen LogP contribution in [0.4, 0.5) is 0 Å². The van der Waals surface area contributed by atoms with Gasteiger partial charge in [-0.3, -0.25) is 18.6 Å². The van der Waals surface area contributed by atoms with Crippen LogP contribution in [0.5, 0.6) is 0 Å². The van der Waals surface area contributed by atoms with E-state index in [0.29, 0.717) is 12.8 Å². The third kappa shape index (κ3) is 29.3. The molecular weight excluding hydrogens is 791 g/mol. The molecule has 1 fully saturated rings. The molecule has 0 aromatic rings. The number of aliphatic hydroxyl groups is 5. The molecule has 6 N–H and O–H groups in total. The van der Waals surface area contributed by atoms with E-state index in [1.165, 1.54) is 148 Å². The van der Waals surface area contributed by atoms with E-state index in [4.69, 9.17) is 18.5 Å². The van der Waals surface area contributed by atoms with Gasteiger partial charge in [0.2, 0.25) is 0 Å². The first kappa shape index (κ1) is 56.9. The Hall–Kier alpha value is -1.15. The van der Waals surface area contributed by atoms with Crippen molar-refractivity contribution >= 4 is 19.8 Å². The maximum absolute atomic E-state index is 12.8. The highest BCUT2D eigenvalue weighted by molar-refractivity contribution is 7.47. The number of carbonyl (C=O) groups is 2. The lowest BCUT2D eigenvalue weighted by Gasteiger charge is -2.41. The highest BCUT2D eigenvalue weighted by Crippen LogP contribution is 2.47. The number of esters is 2. The van der Waals surface area contributed by atoms with E-state index in [0.717, 1.165) is 38.5 Å². The van der Waals surface area contributed by atoms with Crippen LogP contribution in [0.15, 0.2) is 0 Å². The number of aliphatic hydroxyl groups excluding tert-OH is 5. The number of phosphoric acid groups is 1. The van der Waals surface area contributed by atoms with Gasteiger partial charge < -0.3 is 39.9 Å². The lowest BCUT2D eigenvalue weighted by molar-refractivity contribution is -0.220. The van der Waals surface area contributed by atoms with Gasteiger partial charge in [0.05, 0.1) is 6.61 Å². The third-order valence-corrected chi connectivity index (χ3v) is 12.7. The number of rotatable bonds is 41. The van der Waals surface area contributed by atoms with E-state index in [9.17, 15) is 44.6 Å². The summed E-state index contributed by atoms with van der Waals surface area (Å²) in [6.45, 7) is 3.33. The Labute approximate surface area is 363 Å². The first-order valence-electron chi connectivity index (χ1n) is 24.3. The maximum Gasteiger partial charge on any atom is 0.472 e. The van der Waals surface area contributed by atoms with Crippen LogP contribution in [-0.4, -0.2) is 98.3 Å². The second kappa shape index (κ2) is 37.2. The van der Waals surface area contributed by atoms with E-state index in [1.54, 1.807) is 0 Å². The van der Waals surface area contributed by atoms with Crippen molar-refractivity contribution in [2.24, 2.45) is 0 Å². The van der Waals surface area contributed by atoms with Crippen molar-refractivity contribution in [3.63, 3.8) is 0 Å². The zero-order valence-electron chi connectivity index (χ0n) is 37.8. The van der Waals surface area contributed by atoms with E-state index < -0.39 is 75.7 Å². The SMILES string of the molecule is CCCCCCCCCCCCCCCCCCCCC(=O)O[C@H](COC(=O)CCCCCCCCCCCCCCC)COP(=O)(O)OC1C(O)C(O)C(O)[C@@H](O)C1O. The molecule has 0 spiro atoms. The molecule has 14 heteroatoms. The van der Waals surface area contributed by atoms with Crippen molar-refractivity contribution in [1.29, 1.82) is 0 Å². The first-order chi connectivity index (χ1) is 28.9. The second-order valence-corrected chi connectivity index (χ2v) is 18.7. The highest BCUT2D eigenvalue weighted by atomic mass is 31.2. The maximum atomic E-state index is 12.8. The fourth-order valence-electron chi connectivity index (χ4n) is 7.76. The molecule has 1 aliphatic rings. The zero-order chi connectivity index (χ0) is 44.3. The number of ether oxygens (including phenoxy) is 2. The van der Waals surface area contributed by atoms with Gasteiger partial charge in [0, 0.05) is 12.8 Å².